The predicted octanol–water partition coefficient (Wildman–Crippen LogP) is 0.447. The summed E-state index contributed by atoms with van der Waals surface area (Å²) in [5.41, 5.74) is 1.42. The lowest BCUT2D eigenvalue weighted by atomic mass is 9.99. The number of aliphatic hydroxyl groups excluding tert-OH is 4. The lowest BCUT2D eigenvalue weighted by molar-refractivity contribution is -0.277. The van der Waals surface area contributed by atoms with Crippen molar-refractivity contribution in [2.45, 2.75) is 30.7 Å². The maximum atomic E-state index is 10.1. The zero-order valence-electron chi connectivity index (χ0n) is 14.8. The SMILES string of the molecule is OC[C@H]1OC(Oc2cc(O)cc(/C=C/c3ccc(O)cc3)c2)[C@H](O)[C@@H](O)[C@@H]1O. The molecule has 0 amide bonds. The Morgan fingerprint density at radius 3 is 2.18 bits per heavy atom. The van der Waals surface area contributed by atoms with E-state index in [2.05, 4.69) is 0 Å². The molecule has 0 aromatic heterocycles. The summed E-state index contributed by atoms with van der Waals surface area (Å²) in [6, 6.07) is 10.9. The Morgan fingerprint density at radius 2 is 1.50 bits per heavy atom. The first-order chi connectivity index (χ1) is 13.4. The number of aromatic hydroxyl groups is 2. The van der Waals surface area contributed by atoms with Gasteiger partial charge in [0.15, 0.2) is 0 Å². The fourth-order valence-corrected chi connectivity index (χ4v) is 2.85. The number of ether oxygens (including phenoxy) is 2. The van der Waals surface area contributed by atoms with Crippen molar-refractivity contribution in [3.8, 4) is 17.2 Å². The van der Waals surface area contributed by atoms with Gasteiger partial charge in [0, 0.05) is 6.07 Å². The molecular weight excluding hydrogens is 368 g/mol. The molecule has 5 atom stereocenters. The van der Waals surface area contributed by atoms with Crippen LogP contribution in [-0.2, 0) is 4.74 Å². The van der Waals surface area contributed by atoms with Crippen LogP contribution in [0.4, 0.5) is 0 Å². The molecule has 1 aliphatic rings. The Kier molecular flexibility index (Phi) is 6.18. The summed E-state index contributed by atoms with van der Waals surface area (Å²) in [7, 11) is 0. The number of phenols is 2. The highest BCUT2D eigenvalue weighted by Crippen LogP contribution is 2.28. The molecule has 0 spiro atoms. The summed E-state index contributed by atoms with van der Waals surface area (Å²) in [5, 5.41) is 58.2. The van der Waals surface area contributed by atoms with Crippen LogP contribution < -0.4 is 4.74 Å². The first-order valence-electron chi connectivity index (χ1n) is 8.65. The molecular formula is C20H22O8. The second-order valence-corrected chi connectivity index (χ2v) is 6.50. The zero-order chi connectivity index (χ0) is 20.3. The number of benzene rings is 2. The van der Waals surface area contributed by atoms with Crippen LogP contribution in [0.3, 0.4) is 0 Å². The van der Waals surface area contributed by atoms with Crippen molar-refractivity contribution in [3.05, 3.63) is 53.6 Å². The van der Waals surface area contributed by atoms with E-state index in [9.17, 15) is 30.6 Å². The van der Waals surface area contributed by atoms with Gasteiger partial charge in [0.2, 0.25) is 6.29 Å². The van der Waals surface area contributed by atoms with Gasteiger partial charge in [-0.15, -0.1) is 0 Å². The molecule has 1 heterocycles. The quantitative estimate of drug-likeness (QED) is 0.405. The standard InChI is InChI=1S/C20H22O8/c21-10-16-17(24)18(25)19(26)20(28-16)27-15-8-12(7-14(23)9-15)2-1-11-3-5-13(22)6-4-11/h1-9,16-26H,10H2/b2-1+/t16-,17-,18+,19-,20?/m1/s1. The molecule has 0 radical (unpaired) electrons. The molecule has 1 aliphatic heterocycles. The van der Waals surface area contributed by atoms with E-state index in [1.165, 1.54) is 12.1 Å². The molecule has 6 N–H and O–H groups in total. The van der Waals surface area contributed by atoms with Crippen molar-refractivity contribution in [3.63, 3.8) is 0 Å². The molecule has 0 bridgehead atoms. The van der Waals surface area contributed by atoms with E-state index in [0.29, 0.717) is 5.56 Å². The van der Waals surface area contributed by atoms with Gasteiger partial charge in [0.25, 0.3) is 0 Å². The van der Waals surface area contributed by atoms with Crippen molar-refractivity contribution in [2.75, 3.05) is 6.61 Å². The molecule has 1 fully saturated rings. The van der Waals surface area contributed by atoms with Gasteiger partial charge < -0.3 is 40.1 Å². The molecule has 0 saturated carbocycles. The average Bonchev–Trinajstić information content (AvgIpc) is 2.67. The first-order valence-corrected chi connectivity index (χ1v) is 8.65. The van der Waals surface area contributed by atoms with E-state index in [4.69, 9.17) is 9.47 Å². The Hall–Kier alpha value is -2.62. The van der Waals surface area contributed by atoms with E-state index in [0.717, 1.165) is 5.56 Å². The Morgan fingerprint density at radius 1 is 0.821 bits per heavy atom. The summed E-state index contributed by atoms with van der Waals surface area (Å²) in [5.74, 6) is 0.229. The second-order valence-electron chi connectivity index (χ2n) is 6.50. The highest BCUT2D eigenvalue weighted by Gasteiger charge is 2.44. The molecule has 2 aromatic rings. The third-order valence-electron chi connectivity index (χ3n) is 4.38. The summed E-state index contributed by atoms with van der Waals surface area (Å²) in [6.07, 6.45) is -3.52. The third-order valence-corrected chi connectivity index (χ3v) is 4.38. The Bertz CT molecular complexity index is 817. The van der Waals surface area contributed by atoms with Crippen LogP contribution in [0, 0.1) is 0 Å². The van der Waals surface area contributed by atoms with Gasteiger partial charge in [0.1, 0.15) is 41.7 Å². The van der Waals surface area contributed by atoms with Gasteiger partial charge in [0.05, 0.1) is 6.61 Å². The number of hydrogen-bond acceptors (Lipinski definition) is 8. The molecule has 0 aliphatic carbocycles. The van der Waals surface area contributed by atoms with Crippen LogP contribution in [0.5, 0.6) is 17.2 Å². The average molecular weight is 390 g/mol. The maximum absolute atomic E-state index is 10.1. The van der Waals surface area contributed by atoms with E-state index in [-0.39, 0.29) is 17.2 Å². The van der Waals surface area contributed by atoms with Crippen LogP contribution in [0.15, 0.2) is 42.5 Å². The molecule has 3 rings (SSSR count). The van der Waals surface area contributed by atoms with E-state index >= 15 is 0 Å². The fraction of sp³-hybridized carbons (Fsp3) is 0.300. The van der Waals surface area contributed by atoms with Crippen molar-refractivity contribution in [1.29, 1.82) is 0 Å². The Labute approximate surface area is 161 Å². The topological polar surface area (TPSA) is 140 Å². The highest BCUT2D eigenvalue weighted by atomic mass is 16.7. The molecule has 28 heavy (non-hydrogen) atoms. The van der Waals surface area contributed by atoms with Gasteiger partial charge >= 0.3 is 0 Å². The lowest BCUT2D eigenvalue weighted by Crippen LogP contribution is -2.60. The van der Waals surface area contributed by atoms with Crippen LogP contribution in [0.25, 0.3) is 12.2 Å². The summed E-state index contributed by atoms with van der Waals surface area (Å²) in [6.45, 7) is -0.564. The normalized spacial score (nSPS) is 27.8. The number of phenolic OH excluding ortho intramolecular Hbond substituents is 2. The second kappa shape index (κ2) is 8.59. The lowest BCUT2D eigenvalue weighted by Gasteiger charge is -2.39. The number of aliphatic hydroxyl groups is 4. The van der Waals surface area contributed by atoms with Crippen LogP contribution in [0.2, 0.25) is 0 Å². The molecule has 8 heteroatoms. The van der Waals surface area contributed by atoms with Crippen molar-refractivity contribution >= 4 is 12.2 Å². The maximum Gasteiger partial charge on any atom is 0.229 e. The van der Waals surface area contributed by atoms with Crippen LogP contribution >= 0.6 is 0 Å². The largest absolute Gasteiger partial charge is 0.508 e. The third kappa shape index (κ3) is 4.61. The van der Waals surface area contributed by atoms with Crippen LogP contribution in [-0.4, -0.2) is 68.0 Å². The summed E-state index contributed by atoms with van der Waals surface area (Å²) < 4.78 is 10.8. The number of rotatable bonds is 5. The van der Waals surface area contributed by atoms with Gasteiger partial charge in [-0.3, -0.25) is 0 Å². The molecule has 8 nitrogen and oxygen atoms in total. The monoisotopic (exact) mass is 390 g/mol. The van der Waals surface area contributed by atoms with Crippen molar-refractivity contribution in [2.24, 2.45) is 0 Å². The predicted molar refractivity (Wildman–Crippen MR) is 99.5 cm³/mol. The minimum absolute atomic E-state index is 0.0903. The minimum Gasteiger partial charge on any atom is -0.508 e. The minimum atomic E-state index is -1.55. The van der Waals surface area contributed by atoms with E-state index in [1.807, 2.05) is 0 Å². The van der Waals surface area contributed by atoms with Gasteiger partial charge in [-0.2, -0.15) is 0 Å². The zero-order valence-corrected chi connectivity index (χ0v) is 14.8. The molecule has 1 unspecified atom stereocenters. The Balaban J connectivity index is 1.76. The van der Waals surface area contributed by atoms with Gasteiger partial charge in [-0.1, -0.05) is 24.3 Å². The first kappa shape index (κ1) is 20.1. The van der Waals surface area contributed by atoms with Gasteiger partial charge in [-0.25, -0.2) is 0 Å². The van der Waals surface area contributed by atoms with E-state index in [1.54, 1.807) is 42.5 Å². The van der Waals surface area contributed by atoms with Crippen LogP contribution in [0.1, 0.15) is 11.1 Å². The number of hydrogen-bond donors (Lipinski definition) is 6. The fourth-order valence-electron chi connectivity index (χ4n) is 2.85. The highest BCUT2D eigenvalue weighted by molar-refractivity contribution is 5.71. The van der Waals surface area contributed by atoms with Crippen molar-refractivity contribution in [1.82, 2.24) is 0 Å². The summed E-state index contributed by atoms with van der Waals surface area (Å²) in [4.78, 5) is 0. The molecule has 150 valence electrons. The molecule has 2 aromatic carbocycles. The van der Waals surface area contributed by atoms with Gasteiger partial charge in [-0.05, 0) is 35.4 Å². The molecule has 1 saturated heterocycles. The van der Waals surface area contributed by atoms with Crippen molar-refractivity contribution < 1.29 is 40.1 Å². The summed E-state index contributed by atoms with van der Waals surface area (Å²) >= 11 is 0. The smallest absolute Gasteiger partial charge is 0.229 e. The van der Waals surface area contributed by atoms with E-state index < -0.39 is 37.3 Å².